The lowest BCUT2D eigenvalue weighted by atomic mass is 9.83. The second kappa shape index (κ2) is 9.09. The molecule has 0 aromatic heterocycles. The molecule has 0 atom stereocenters. The number of carbonyl (C=O) groups excluding carboxylic acids is 2. The minimum Gasteiger partial charge on any atom is -0.289 e. The third-order valence-electron chi connectivity index (χ3n) is 6.67. The molecule has 0 saturated carbocycles. The fourth-order valence-electron chi connectivity index (χ4n) is 4.95. The molecule has 0 saturated heterocycles. The first-order valence-electron chi connectivity index (χ1n) is 12.0. The van der Waals surface area contributed by atoms with Crippen LogP contribution in [0.5, 0.6) is 0 Å². The average Bonchev–Trinajstić information content (AvgIpc) is 2.96. The molecular weight excluding hydrogens is 440 g/mol. The van der Waals surface area contributed by atoms with E-state index in [0.29, 0.717) is 22.3 Å². The van der Waals surface area contributed by atoms with Gasteiger partial charge in [-0.25, -0.2) is 0 Å². The number of rotatable bonds is 5. The Morgan fingerprint density at radius 3 is 1.14 bits per heavy atom. The molecule has 2 heteroatoms. The summed E-state index contributed by atoms with van der Waals surface area (Å²) in [5.41, 5.74) is 3.98. The molecule has 170 valence electrons. The summed E-state index contributed by atoms with van der Waals surface area (Å²) in [5.74, 6) is -0.134. The Labute approximate surface area is 209 Å². The van der Waals surface area contributed by atoms with Crippen LogP contribution in [0.25, 0.3) is 32.7 Å². The van der Waals surface area contributed by atoms with Crippen molar-refractivity contribution in [2.75, 3.05) is 0 Å². The van der Waals surface area contributed by atoms with Crippen molar-refractivity contribution in [3.63, 3.8) is 0 Å². The van der Waals surface area contributed by atoms with Crippen LogP contribution in [0.4, 0.5) is 0 Å². The minimum absolute atomic E-state index is 0.0672. The van der Waals surface area contributed by atoms with Gasteiger partial charge in [-0.3, -0.25) is 9.59 Å². The van der Waals surface area contributed by atoms with Gasteiger partial charge in [-0.05, 0) is 33.7 Å². The van der Waals surface area contributed by atoms with Crippen LogP contribution in [-0.4, -0.2) is 11.6 Å². The molecule has 0 amide bonds. The molecule has 6 rings (SSSR count). The predicted molar refractivity (Wildman–Crippen MR) is 147 cm³/mol. The maximum absolute atomic E-state index is 13.9. The van der Waals surface area contributed by atoms with Gasteiger partial charge in [-0.1, -0.05) is 121 Å². The number of benzene rings is 6. The summed E-state index contributed by atoms with van der Waals surface area (Å²) in [6, 6.07) is 42.5. The molecule has 0 bridgehead atoms. The second-order valence-electron chi connectivity index (χ2n) is 8.81. The Hall–Kier alpha value is -4.82. The predicted octanol–water partition coefficient (Wildman–Crippen LogP) is 8.12. The smallest absolute Gasteiger partial charge is 0.193 e. The normalized spacial score (nSPS) is 11.0. The zero-order chi connectivity index (χ0) is 24.5. The molecule has 0 heterocycles. The number of fused-ring (bicyclic) bond motifs is 2. The lowest BCUT2D eigenvalue weighted by molar-refractivity contribution is 0.103. The van der Waals surface area contributed by atoms with Crippen LogP contribution in [0.15, 0.2) is 133 Å². The van der Waals surface area contributed by atoms with Crippen molar-refractivity contribution in [1.29, 1.82) is 0 Å². The van der Waals surface area contributed by atoms with Crippen LogP contribution in [0.1, 0.15) is 31.8 Å². The maximum Gasteiger partial charge on any atom is 0.193 e. The third kappa shape index (κ3) is 3.70. The van der Waals surface area contributed by atoms with Gasteiger partial charge >= 0.3 is 0 Å². The summed E-state index contributed by atoms with van der Waals surface area (Å²) in [6.07, 6.45) is 0. The van der Waals surface area contributed by atoms with Gasteiger partial charge in [-0.15, -0.1) is 0 Å². The van der Waals surface area contributed by atoms with Crippen molar-refractivity contribution in [2.24, 2.45) is 0 Å². The van der Waals surface area contributed by atoms with E-state index in [1.807, 2.05) is 133 Å². The lowest BCUT2D eigenvalue weighted by Gasteiger charge is -2.18. The van der Waals surface area contributed by atoms with Crippen LogP contribution in [0.2, 0.25) is 0 Å². The third-order valence-corrected chi connectivity index (χ3v) is 6.67. The molecule has 0 aliphatic heterocycles. The lowest BCUT2D eigenvalue weighted by Crippen LogP contribution is -2.08. The molecule has 0 fully saturated rings. The first-order chi connectivity index (χ1) is 17.7. The molecular formula is C34H22O2. The topological polar surface area (TPSA) is 34.1 Å². The Morgan fingerprint density at radius 1 is 0.361 bits per heavy atom. The Morgan fingerprint density at radius 2 is 0.722 bits per heavy atom. The van der Waals surface area contributed by atoms with E-state index in [1.165, 1.54) is 0 Å². The molecule has 0 N–H and O–H groups in total. The van der Waals surface area contributed by atoms with E-state index < -0.39 is 0 Å². The highest BCUT2D eigenvalue weighted by atomic mass is 16.1. The molecule has 0 unspecified atom stereocenters. The number of carbonyl (C=O) groups is 2. The van der Waals surface area contributed by atoms with Crippen LogP contribution >= 0.6 is 0 Å². The summed E-state index contributed by atoms with van der Waals surface area (Å²) in [6.45, 7) is 0. The van der Waals surface area contributed by atoms with Crippen molar-refractivity contribution < 1.29 is 9.59 Å². The molecule has 36 heavy (non-hydrogen) atoms. The fraction of sp³-hybridized carbons (Fsp3) is 0. The van der Waals surface area contributed by atoms with Gasteiger partial charge in [0.15, 0.2) is 11.6 Å². The second-order valence-corrected chi connectivity index (χ2v) is 8.81. The van der Waals surface area contributed by atoms with Gasteiger partial charge < -0.3 is 0 Å². The van der Waals surface area contributed by atoms with Crippen molar-refractivity contribution in [3.8, 4) is 11.1 Å². The van der Waals surface area contributed by atoms with E-state index in [4.69, 9.17) is 0 Å². The van der Waals surface area contributed by atoms with Gasteiger partial charge in [0.1, 0.15) is 0 Å². The summed E-state index contributed by atoms with van der Waals surface area (Å²) >= 11 is 0. The van der Waals surface area contributed by atoms with Crippen molar-refractivity contribution in [1.82, 2.24) is 0 Å². The maximum atomic E-state index is 13.9. The molecule has 0 radical (unpaired) electrons. The van der Waals surface area contributed by atoms with E-state index >= 15 is 0 Å². The molecule has 0 spiro atoms. The molecule has 0 aliphatic carbocycles. The monoisotopic (exact) mass is 462 g/mol. The molecule has 6 aromatic carbocycles. The molecule has 0 aliphatic rings. The number of ketones is 2. The zero-order valence-electron chi connectivity index (χ0n) is 19.5. The molecule has 6 aromatic rings. The first kappa shape index (κ1) is 21.7. The van der Waals surface area contributed by atoms with Crippen LogP contribution in [0.3, 0.4) is 0 Å². The number of hydrogen-bond donors (Lipinski definition) is 0. The highest BCUT2D eigenvalue weighted by molar-refractivity contribution is 6.24. The average molecular weight is 463 g/mol. The van der Waals surface area contributed by atoms with Crippen molar-refractivity contribution in [3.05, 3.63) is 156 Å². The van der Waals surface area contributed by atoms with E-state index in [-0.39, 0.29) is 11.6 Å². The Kier molecular flexibility index (Phi) is 5.48. The fourth-order valence-corrected chi connectivity index (χ4v) is 4.95. The van der Waals surface area contributed by atoms with E-state index in [2.05, 4.69) is 0 Å². The minimum atomic E-state index is -0.0672. The van der Waals surface area contributed by atoms with Gasteiger partial charge in [0.2, 0.25) is 0 Å². The quantitative estimate of drug-likeness (QED) is 0.242. The summed E-state index contributed by atoms with van der Waals surface area (Å²) in [7, 11) is 0. The zero-order valence-corrected chi connectivity index (χ0v) is 19.5. The number of hydrogen-bond acceptors (Lipinski definition) is 2. The summed E-state index contributed by atoms with van der Waals surface area (Å²) < 4.78 is 0. The standard InChI is InChI=1S/C34H22O2/c35-33(25-13-3-1-4-14-25)29-21-19-23-11-7-9-17-27(23)31(29)32-28-18-10-8-12-24(28)20-22-30(32)34(36)26-15-5-2-6-16-26/h1-22H. The largest absolute Gasteiger partial charge is 0.289 e. The van der Waals surface area contributed by atoms with Gasteiger partial charge in [0, 0.05) is 33.4 Å². The van der Waals surface area contributed by atoms with Crippen molar-refractivity contribution >= 4 is 33.1 Å². The molecule has 2 nitrogen and oxygen atoms in total. The van der Waals surface area contributed by atoms with E-state index in [0.717, 1.165) is 32.7 Å². The van der Waals surface area contributed by atoms with Crippen LogP contribution in [0, 0.1) is 0 Å². The Balaban J connectivity index is 1.73. The van der Waals surface area contributed by atoms with Crippen LogP contribution in [-0.2, 0) is 0 Å². The Bertz CT molecular complexity index is 1620. The van der Waals surface area contributed by atoms with E-state index in [9.17, 15) is 9.59 Å². The van der Waals surface area contributed by atoms with Crippen LogP contribution < -0.4 is 0 Å². The highest BCUT2D eigenvalue weighted by Gasteiger charge is 2.24. The highest BCUT2D eigenvalue weighted by Crippen LogP contribution is 2.40. The first-order valence-corrected chi connectivity index (χ1v) is 12.0. The summed E-state index contributed by atoms with van der Waals surface area (Å²) in [5, 5.41) is 3.92. The SMILES string of the molecule is O=C(c1ccccc1)c1ccc2ccccc2c1-c1c(C(=O)c2ccccc2)ccc2ccccc12. The van der Waals surface area contributed by atoms with E-state index in [1.54, 1.807) is 0 Å². The summed E-state index contributed by atoms with van der Waals surface area (Å²) in [4.78, 5) is 27.8. The van der Waals surface area contributed by atoms with Gasteiger partial charge in [0.05, 0.1) is 0 Å². The van der Waals surface area contributed by atoms with Gasteiger partial charge in [0.25, 0.3) is 0 Å². The van der Waals surface area contributed by atoms with Crippen molar-refractivity contribution in [2.45, 2.75) is 0 Å². The van der Waals surface area contributed by atoms with Gasteiger partial charge in [-0.2, -0.15) is 0 Å².